The number of aromatic nitrogens is 1. The van der Waals surface area contributed by atoms with Crippen molar-refractivity contribution in [3.8, 4) is 11.5 Å². The van der Waals surface area contributed by atoms with E-state index in [0.717, 1.165) is 46.0 Å². The lowest BCUT2D eigenvalue weighted by atomic mass is 9.87. The molecule has 1 aromatic heterocycles. The highest BCUT2D eigenvalue weighted by Crippen LogP contribution is 2.43. The molecule has 0 radical (unpaired) electrons. The number of nitrogens with one attached hydrogen (secondary N) is 1. The molecule has 6 nitrogen and oxygen atoms in total. The van der Waals surface area contributed by atoms with E-state index in [1.165, 1.54) is 0 Å². The van der Waals surface area contributed by atoms with Gasteiger partial charge in [0.1, 0.15) is 0 Å². The summed E-state index contributed by atoms with van der Waals surface area (Å²) in [6, 6.07) is 9.49. The summed E-state index contributed by atoms with van der Waals surface area (Å²) >= 11 is 0. The standard InChI is InChI=1S/C26H28N2O4/c1-14-9-18-11-20(25(29)27-21(18)10-15(14)2)24-19-13-23(32-4)22(31-3)12-17(19)7-8-28(24)26(30)16-5-6-16/h9-13,16,24H,5-8H2,1-4H3,(H,27,29)/t24-/m0/s1. The number of pyridine rings is 1. The van der Waals surface area contributed by atoms with Crippen LogP contribution in [0.5, 0.6) is 11.5 Å². The molecule has 1 N–H and O–H groups in total. The van der Waals surface area contributed by atoms with E-state index in [2.05, 4.69) is 18.0 Å². The summed E-state index contributed by atoms with van der Waals surface area (Å²) < 4.78 is 11.1. The zero-order chi connectivity index (χ0) is 22.6. The minimum Gasteiger partial charge on any atom is -0.493 e. The fourth-order valence-electron chi connectivity index (χ4n) is 4.78. The number of amides is 1. The zero-order valence-corrected chi connectivity index (χ0v) is 19.0. The lowest BCUT2D eigenvalue weighted by molar-refractivity contribution is -0.134. The summed E-state index contributed by atoms with van der Waals surface area (Å²) in [4.78, 5) is 31.5. The van der Waals surface area contributed by atoms with E-state index < -0.39 is 6.04 Å². The van der Waals surface area contributed by atoms with Crippen LogP contribution in [-0.4, -0.2) is 36.6 Å². The Morgan fingerprint density at radius 3 is 2.34 bits per heavy atom. The Hall–Kier alpha value is -3.28. The van der Waals surface area contributed by atoms with Gasteiger partial charge in [-0.15, -0.1) is 0 Å². The van der Waals surface area contributed by atoms with Gasteiger partial charge in [0, 0.05) is 23.5 Å². The van der Waals surface area contributed by atoms with E-state index in [0.29, 0.717) is 30.0 Å². The van der Waals surface area contributed by atoms with Gasteiger partial charge in [0.15, 0.2) is 11.5 Å². The molecule has 1 amide bonds. The molecule has 2 aromatic carbocycles. The molecule has 6 heteroatoms. The van der Waals surface area contributed by atoms with Crippen molar-refractivity contribution < 1.29 is 14.3 Å². The largest absolute Gasteiger partial charge is 0.493 e. The van der Waals surface area contributed by atoms with Gasteiger partial charge in [-0.25, -0.2) is 0 Å². The predicted molar refractivity (Wildman–Crippen MR) is 124 cm³/mol. The summed E-state index contributed by atoms with van der Waals surface area (Å²) in [5, 5.41) is 0.967. The van der Waals surface area contributed by atoms with Crippen LogP contribution in [0.2, 0.25) is 0 Å². The van der Waals surface area contributed by atoms with Gasteiger partial charge >= 0.3 is 0 Å². The molecule has 0 bridgehead atoms. The summed E-state index contributed by atoms with van der Waals surface area (Å²) in [7, 11) is 3.22. The maximum Gasteiger partial charge on any atom is 0.254 e. The number of carbonyl (C=O) groups excluding carboxylic acids is 1. The first-order valence-corrected chi connectivity index (χ1v) is 11.1. The average Bonchev–Trinajstić information content (AvgIpc) is 3.63. The van der Waals surface area contributed by atoms with Crippen molar-refractivity contribution in [2.45, 2.75) is 39.2 Å². The number of rotatable bonds is 4. The topological polar surface area (TPSA) is 71.6 Å². The predicted octanol–water partition coefficient (Wildman–Crippen LogP) is 4.05. The van der Waals surface area contributed by atoms with Gasteiger partial charge < -0.3 is 19.4 Å². The van der Waals surface area contributed by atoms with E-state index >= 15 is 0 Å². The SMILES string of the molecule is COc1cc2c(cc1OC)[C@@H](c1cc3cc(C)c(C)cc3[nH]c1=O)N(C(=O)C1CC1)CC2. The minimum atomic E-state index is -0.457. The van der Waals surface area contributed by atoms with Crippen LogP contribution >= 0.6 is 0 Å². The van der Waals surface area contributed by atoms with Crippen LogP contribution in [-0.2, 0) is 11.2 Å². The third-order valence-electron chi connectivity index (χ3n) is 6.87. The highest BCUT2D eigenvalue weighted by atomic mass is 16.5. The third kappa shape index (κ3) is 3.34. The molecule has 1 aliphatic carbocycles. The van der Waals surface area contributed by atoms with Gasteiger partial charge in [-0.2, -0.15) is 0 Å². The molecule has 0 unspecified atom stereocenters. The smallest absolute Gasteiger partial charge is 0.254 e. The molecule has 3 aromatic rings. The Bertz CT molecular complexity index is 1290. The molecule has 5 rings (SSSR count). The third-order valence-corrected chi connectivity index (χ3v) is 6.87. The Kier molecular flexibility index (Phi) is 4.96. The van der Waals surface area contributed by atoms with Crippen molar-refractivity contribution in [2.24, 2.45) is 5.92 Å². The molecule has 32 heavy (non-hydrogen) atoms. The highest BCUT2D eigenvalue weighted by molar-refractivity contribution is 5.84. The van der Waals surface area contributed by atoms with E-state index in [-0.39, 0.29) is 17.4 Å². The highest BCUT2D eigenvalue weighted by Gasteiger charge is 2.40. The van der Waals surface area contributed by atoms with Crippen LogP contribution in [0.4, 0.5) is 0 Å². The normalized spacial score (nSPS) is 17.9. The summed E-state index contributed by atoms with van der Waals surface area (Å²) in [5.41, 5.74) is 5.53. The van der Waals surface area contributed by atoms with Crippen LogP contribution in [0, 0.1) is 19.8 Å². The average molecular weight is 433 g/mol. The second-order valence-corrected chi connectivity index (χ2v) is 8.94. The maximum absolute atomic E-state index is 13.3. The number of nitrogens with zero attached hydrogens (tertiary/aromatic N) is 1. The second kappa shape index (κ2) is 7.69. The second-order valence-electron chi connectivity index (χ2n) is 8.94. The van der Waals surface area contributed by atoms with Crippen molar-refractivity contribution in [3.05, 3.63) is 68.5 Å². The molecule has 0 saturated heterocycles. The van der Waals surface area contributed by atoms with Crippen LogP contribution < -0.4 is 15.0 Å². The number of benzene rings is 2. The molecule has 1 atom stereocenters. The first kappa shape index (κ1) is 20.6. The van der Waals surface area contributed by atoms with Gasteiger partial charge in [-0.1, -0.05) is 0 Å². The molecule has 166 valence electrons. The molecular weight excluding hydrogens is 404 g/mol. The van der Waals surface area contributed by atoms with Crippen molar-refractivity contribution >= 4 is 16.8 Å². The summed E-state index contributed by atoms with van der Waals surface area (Å²) in [6.07, 6.45) is 2.56. The lowest BCUT2D eigenvalue weighted by Gasteiger charge is -2.38. The number of hydrogen-bond donors (Lipinski definition) is 1. The van der Waals surface area contributed by atoms with Gasteiger partial charge in [-0.3, -0.25) is 9.59 Å². The molecular formula is C26H28N2O4. The molecule has 2 heterocycles. The lowest BCUT2D eigenvalue weighted by Crippen LogP contribution is -2.43. The van der Waals surface area contributed by atoms with Crippen molar-refractivity contribution in [3.63, 3.8) is 0 Å². The minimum absolute atomic E-state index is 0.0728. The van der Waals surface area contributed by atoms with E-state index in [1.54, 1.807) is 14.2 Å². The van der Waals surface area contributed by atoms with Crippen LogP contribution in [0.1, 0.15) is 46.7 Å². The van der Waals surface area contributed by atoms with E-state index in [9.17, 15) is 9.59 Å². The first-order chi connectivity index (χ1) is 15.4. The molecule has 1 saturated carbocycles. The van der Waals surface area contributed by atoms with E-state index in [4.69, 9.17) is 9.47 Å². The molecule has 2 aliphatic rings. The summed E-state index contributed by atoms with van der Waals surface area (Å²) in [5.74, 6) is 1.46. The number of fused-ring (bicyclic) bond motifs is 2. The number of aryl methyl sites for hydroxylation is 2. The quantitative estimate of drug-likeness (QED) is 0.675. The fraction of sp³-hybridized carbons (Fsp3) is 0.385. The summed E-state index contributed by atoms with van der Waals surface area (Å²) in [6.45, 7) is 4.68. The van der Waals surface area contributed by atoms with Gasteiger partial charge in [0.25, 0.3) is 5.56 Å². The number of aromatic amines is 1. The Labute approximate surface area is 187 Å². The zero-order valence-electron chi connectivity index (χ0n) is 19.0. The van der Waals surface area contributed by atoms with Crippen molar-refractivity contribution in [1.82, 2.24) is 9.88 Å². The number of hydrogen-bond acceptors (Lipinski definition) is 4. The molecule has 0 spiro atoms. The first-order valence-electron chi connectivity index (χ1n) is 11.1. The Morgan fingerprint density at radius 2 is 1.66 bits per heavy atom. The number of ether oxygens (including phenoxy) is 2. The Balaban J connectivity index is 1.73. The number of H-pyrrole nitrogens is 1. The van der Waals surface area contributed by atoms with Crippen LogP contribution in [0.15, 0.2) is 35.1 Å². The number of methoxy groups -OCH3 is 2. The number of carbonyl (C=O) groups is 1. The monoisotopic (exact) mass is 432 g/mol. The maximum atomic E-state index is 13.3. The van der Waals surface area contributed by atoms with Gasteiger partial charge in [0.05, 0.1) is 20.3 Å². The van der Waals surface area contributed by atoms with Crippen molar-refractivity contribution in [1.29, 1.82) is 0 Å². The molecule has 1 aliphatic heterocycles. The Morgan fingerprint density at radius 1 is 0.969 bits per heavy atom. The van der Waals surface area contributed by atoms with Crippen LogP contribution in [0.3, 0.4) is 0 Å². The van der Waals surface area contributed by atoms with Crippen LogP contribution in [0.25, 0.3) is 10.9 Å². The van der Waals surface area contributed by atoms with Crippen molar-refractivity contribution in [2.75, 3.05) is 20.8 Å². The fourth-order valence-corrected chi connectivity index (χ4v) is 4.78. The molecule has 1 fully saturated rings. The van der Waals surface area contributed by atoms with Gasteiger partial charge in [0.2, 0.25) is 5.91 Å². The van der Waals surface area contributed by atoms with Gasteiger partial charge in [-0.05, 0) is 91.1 Å². The van der Waals surface area contributed by atoms with E-state index in [1.807, 2.05) is 36.1 Å².